The van der Waals surface area contributed by atoms with Crippen molar-refractivity contribution in [1.82, 2.24) is 4.90 Å². The third kappa shape index (κ3) is 6.08. The van der Waals surface area contributed by atoms with Crippen molar-refractivity contribution in [2.75, 3.05) is 13.7 Å². The monoisotopic (exact) mass is 230 g/mol. The lowest BCUT2D eigenvalue weighted by atomic mass is 9.87. The maximum Gasteiger partial charge on any atom is 0.224 e. The van der Waals surface area contributed by atoms with Gasteiger partial charge in [0.2, 0.25) is 5.91 Å². The molecule has 0 bridgehead atoms. The van der Waals surface area contributed by atoms with Crippen LogP contribution in [-0.2, 0) is 4.79 Å². The molecule has 96 valence electrons. The van der Waals surface area contributed by atoms with Crippen molar-refractivity contribution in [2.24, 2.45) is 11.1 Å². The molecule has 0 aliphatic heterocycles. The average molecular weight is 230 g/mol. The molecule has 0 aliphatic rings. The highest BCUT2D eigenvalue weighted by Gasteiger charge is 2.21. The smallest absolute Gasteiger partial charge is 0.224 e. The van der Waals surface area contributed by atoms with Gasteiger partial charge in [-0.1, -0.05) is 20.8 Å². The zero-order valence-corrected chi connectivity index (χ0v) is 11.2. The number of aliphatic hydroxyl groups excluding tert-OH is 1. The van der Waals surface area contributed by atoms with E-state index >= 15 is 0 Å². The Morgan fingerprint density at radius 3 is 2.31 bits per heavy atom. The predicted octanol–water partition coefficient (Wildman–Crippen LogP) is 0.979. The Morgan fingerprint density at radius 2 is 1.94 bits per heavy atom. The molecule has 1 amide bonds. The quantitative estimate of drug-likeness (QED) is 0.740. The first-order chi connectivity index (χ1) is 7.17. The van der Waals surface area contributed by atoms with Crippen molar-refractivity contribution >= 4 is 5.91 Å². The first kappa shape index (κ1) is 15.4. The van der Waals surface area contributed by atoms with Crippen LogP contribution in [0.3, 0.4) is 0 Å². The van der Waals surface area contributed by atoms with Gasteiger partial charge < -0.3 is 15.7 Å². The first-order valence-electron chi connectivity index (χ1n) is 5.79. The number of likely N-dealkylation sites (N-methyl/N-ethyl adjacent to an activating group) is 1. The predicted molar refractivity (Wildman–Crippen MR) is 66.0 cm³/mol. The SMILES string of the molecule is CC(CO)N(C)C(=O)CC(N)CC(C)(C)C. The molecule has 3 N–H and O–H groups in total. The number of nitrogens with zero attached hydrogens (tertiary/aromatic N) is 1. The van der Waals surface area contributed by atoms with Crippen LogP contribution in [0.5, 0.6) is 0 Å². The van der Waals surface area contributed by atoms with Gasteiger partial charge in [0, 0.05) is 19.5 Å². The fourth-order valence-corrected chi connectivity index (χ4v) is 1.60. The summed E-state index contributed by atoms with van der Waals surface area (Å²) in [5, 5.41) is 8.95. The van der Waals surface area contributed by atoms with Gasteiger partial charge in [0.1, 0.15) is 0 Å². The van der Waals surface area contributed by atoms with Gasteiger partial charge >= 0.3 is 0 Å². The second-order valence-corrected chi connectivity index (χ2v) is 5.77. The largest absolute Gasteiger partial charge is 0.394 e. The summed E-state index contributed by atoms with van der Waals surface area (Å²) in [7, 11) is 1.70. The van der Waals surface area contributed by atoms with Crippen LogP contribution in [-0.4, -0.2) is 41.7 Å². The summed E-state index contributed by atoms with van der Waals surface area (Å²) in [5.41, 5.74) is 6.07. The van der Waals surface area contributed by atoms with Gasteiger partial charge in [-0.25, -0.2) is 0 Å². The number of hydrogen-bond acceptors (Lipinski definition) is 3. The molecule has 0 aromatic rings. The van der Waals surface area contributed by atoms with E-state index in [-0.39, 0.29) is 30.0 Å². The molecule has 2 unspecified atom stereocenters. The van der Waals surface area contributed by atoms with E-state index in [1.807, 2.05) is 6.92 Å². The van der Waals surface area contributed by atoms with Crippen LogP contribution in [0.1, 0.15) is 40.5 Å². The summed E-state index contributed by atoms with van der Waals surface area (Å²) in [5.74, 6) is -0.00157. The summed E-state index contributed by atoms with van der Waals surface area (Å²) >= 11 is 0. The Balaban J connectivity index is 4.14. The van der Waals surface area contributed by atoms with Gasteiger partial charge in [0.25, 0.3) is 0 Å². The molecule has 2 atom stereocenters. The van der Waals surface area contributed by atoms with Crippen LogP contribution >= 0.6 is 0 Å². The van der Waals surface area contributed by atoms with Crippen molar-refractivity contribution in [3.8, 4) is 0 Å². The zero-order valence-electron chi connectivity index (χ0n) is 11.2. The molecule has 0 radical (unpaired) electrons. The van der Waals surface area contributed by atoms with Crippen LogP contribution in [0.4, 0.5) is 0 Å². The van der Waals surface area contributed by atoms with E-state index < -0.39 is 0 Å². The van der Waals surface area contributed by atoms with Crippen LogP contribution in [0.25, 0.3) is 0 Å². The summed E-state index contributed by atoms with van der Waals surface area (Å²) in [6.45, 7) is 8.12. The molecule has 0 heterocycles. The van der Waals surface area contributed by atoms with Crippen LogP contribution < -0.4 is 5.73 Å². The number of amides is 1. The summed E-state index contributed by atoms with van der Waals surface area (Å²) in [6.07, 6.45) is 1.16. The lowest BCUT2D eigenvalue weighted by Crippen LogP contribution is -2.41. The van der Waals surface area contributed by atoms with Gasteiger partial charge in [-0.2, -0.15) is 0 Å². The number of carbonyl (C=O) groups is 1. The highest BCUT2D eigenvalue weighted by Crippen LogP contribution is 2.21. The second kappa shape index (κ2) is 6.21. The van der Waals surface area contributed by atoms with Crippen LogP contribution in [0.2, 0.25) is 0 Å². The summed E-state index contributed by atoms with van der Waals surface area (Å²) < 4.78 is 0. The van der Waals surface area contributed by atoms with E-state index in [9.17, 15) is 4.79 Å². The van der Waals surface area contributed by atoms with Crippen molar-refractivity contribution in [3.05, 3.63) is 0 Å². The summed E-state index contributed by atoms with van der Waals surface area (Å²) in [4.78, 5) is 13.3. The lowest BCUT2D eigenvalue weighted by Gasteiger charge is -2.27. The topological polar surface area (TPSA) is 66.6 Å². The molecule has 0 saturated carbocycles. The second-order valence-electron chi connectivity index (χ2n) is 5.77. The van der Waals surface area contributed by atoms with E-state index in [4.69, 9.17) is 10.8 Å². The molecule has 4 heteroatoms. The highest BCUT2D eigenvalue weighted by molar-refractivity contribution is 5.76. The third-order valence-electron chi connectivity index (χ3n) is 2.63. The van der Waals surface area contributed by atoms with E-state index in [0.717, 1.165) is 6.42 Å². The Labute approximate surface area is 98.8 Å². The minimum absolute atomic E-state index is 0.00157. The van der Waals surface area contributed by atoms with Gasteiger partial charge in [-0.05, 0) is 18.8 Å². The Hall–Kier alpha value is -0.610. The maximum absolute atomic E-state index is 11.8. The minimum Gasteiger partial charge on any atom is -0.394 e. The number of nitrogens with two attached hydrogens (primary N) is 1. The lowest BCUT2D eigenvalue weighted by molar-refractivity contribution is -0.132. The molecule has 16 heavy (non-hydrogen) atoms. The highest BCUT2D eigenvalue weighted by atomic mass is 16.3. The first-order valence-corrected chi connectivity index (χ1v) is 5.79. The number of rotatable bonds is 5. The van der Waals surface area contributed by atoms with Gasteiger partial charge in [-0.15, -0.1) is 0 Å². The molecule has 0 aromatic heterocycles. The Bertz CT molecular complexity index is 224. The number of carbonyl (C=O) groups excluding carboxylic acids is 1. The van der Waals surface area contributed by atoms with Crippen molar-refractivity contribution in [1.29, 1.82) is 0 Å². The Morgan fingerprint density at radius 1 is 1.44 bits per heavy atom. The van der Waals surface area contributed by atoms with Crippen LogP contribution in [0, 0.1) is 5.41 Å². The third-order valence-corrected chi connectivity index (χ3v) is 2.63. The molecule has 4 nitrogen and oxygen atoms in total. The zero-order chi connectivity index (χ0) is 12.9. The number of hydrogen-bond donors (Lipinski definition) is 2. The van der Waals surface area contributed by atoms with Crippen molar-refractivity contribution in [3.63, 3.8) is 0 Å². The molecule has 0 fully saturated rings. The Kier molecular flexibility index (Phi) is 5.97. The molecular formula is C12H26N2O2. The molecule has 0 saturated heterocycles. The van der Waals surface area contributed by atoms with Crippen molar-refractivity contribution < 1.29 is 9.90 Å². The van der Waals surface area contributed by atoms with Crippen molar-refractivity contribution in [2.45, 2.75) is 52.6 Å². The van der Waals surface area contributed by atoms with Gasteiger partial charge in [0.15, 0.2) is 0 Å². The fraction of sp³-hybridized carbons (Fsp3) is 0.917. The summed E-state index contributed by atoms with van der Waals surface area (Å²) in [6, 6.07) is -0.254. The van der Waals surface area contributed by atoms with Gasteiger partial charge in [-0.3, -0.25) is 4.79 Å². The number of aliphatic hydroxyl groups is 1. The molecule has 0 aromatic carbocycles. The van der Waals surface area contributed by atoms with E-state index in [1.54, 1.807) is 11.9 Å². The molecule has 0 rings (SSSR count). The van der Waals surface area contributed by atoms with E-state index in [2.05, 4.69) is 20.8 Å². The minimum atomic E-state index is -0.144. The van der Waals surface area contributed by atoms with Gasteiger partial charge in [0.05, 0.1) is 12.6 Å². The van der Waals surface area contributed by atoms with E-state index in [0.29, 0.717) is 6.42 Å². The maximum atomic E-state index is 11.8. The average Bonchev–Trinajstić information content (AvgIpc) is 2.12. The molecular weight excluding hydrogens is 204 g/mol. The molecule has 0 spiro atoms. The fourth-order valence-electron chi connectivity index (χ4n) is 1.60. The van der Waals surface area contributed by atoms with Crippen LogP contribution in [0.15, 0.2) is 0 Å². The standard InChI is InChI=1S/C12H26N2O2/c1-9(8-15)14(5)11(16)6-10(13)7-12(2,3)4/h9-10,15H,6-8,13H2,1-5H3. The molecule has 0 aliphatic carbocycles. The normalized spacial score (nSPS) is 15.7. The van der Waals surface area contributed by atoms with E-state index in [1.165, 1.54) is 0 Å².